The van der Waals surface area contributed by atoms with Crippen molar-refractivity contribution in [2.45, 2.75) is 20.3 Å². The predicted molar refractivity (Wildman–Crippen MR) is 59.6 cm³/mol. The number of hydrogen-bond donors (Lipinski definition) is 2. The van der Waals surface area contributed by atoms with Crippen molar-refractivity contribution in [2.24, 2.45) is 11.8 Å². The summed E-state index contributed by atoms with van der Waals surface area (Å²) in [5.41, 5.74) is 0. The molecular formula is C11H22N2O2. The summed E-state index contributed by atoms with van der Waals surface area (Å²) in [7, 11) is 0. The molecule has 1 fully saturated rings. The van der Waals surface area contributed by atoms with Crippen LogP contribution in [0.5, 0.6) is 0 Å². The highest BCUT2D eigenvalue weighted by Gasteiger charge is 2.18. The molecule has 1 aliphatic rings. The van der Waals surface area contributed by atoms with Gasteiger partial charge in [-0.05, 0) is 13.0 Å². The first kappa shape index (κ1) is 12.5. The highest BCUT2D eigenvalue weighted by molar-refractivity contribution is 5.78. The van der Waals surface area contributed by atoms with Gasteiger partial charge in [0.05, 0.1) is 6.61 Å². The minimum atomic E-state index is 0.0484. The lowest BCUT2D eigenvalue weighted by Gasteiger charge is -2.14. The standard InChI is InChI=1S/C11H22N2O2/c1-3-12-6-9(2)11(14)13-7-10-4-5-15-8-10/h9-10,12H,3-8H2,1-2H3,(H,13,14). The van der Waals surface area contributed by atoms with Crippen LogP contribution in [0.25, 0.3) is 0 Å². The summed E-state index contributed by atoms with van der Waals surface area (Å²) in [4.78, 5) is 11.6. The Kier molecular flexibility index (Phi) is 5.65. The molecule has 0 aliphatic carbocycles. The number of ether oxygens (including phenoxy) is 1. The molecule has 0 aromatic rings. The van der Waals surface area contributed by atoms with Gasteiger partial charge in [0.2, 0.25) is 5.91 Å². The summed E-state index contributed by atoms with van der Waals surface area (Å²) in [6, 6.07) is 0. The maximum Gasteiger partial charge on any atom is 0.224 e. The Morgan fingerprint density at radius 3 is 3.00 bits per heavy atom. The number of carbonyl (C=O) groups is 1. The number of hydrogen-bond acceptors (Lipinski definition) is 3. The van der Waals surface area contributed by atoms with Gasteiger partial charge in [0.1, 0.15) is 0 Å². The maximum absolute atomic E-state index is 11.6. The largest absolute Gasteiger partial charge is 0.381 e. The molecule has 1 amide bonds. The molecular weight excluding hydrogens is 192 g/mol. The Morgan fingerprint density at radius 2 is 2.40 bits per heavy atom. The third-order valence-electron chi connectivity index (χ3n) is 2.74. The molecule has 0 aromatic heterocycles. The third kappa shape index (κ3) is 4.62. The maximum atomic E-state index is 11.6. The Bertz CT molecular complexity index is 191. The molecule has 0 bridgehead atoms. The van der Waals surface area contributed by atoms with Crippen molar-refractivity contribution in [1.82, 2.24) is 10.6 Å². The minimum absolute atomic E-state index is 0.0484. The van der Waals surface area contributed by atoms with Crippen molar-refractivity contribution in [3.63, 3.8) is 0 Å². The fourth-order valence-corrected chi connectivity index (χ4v) is 1.62. The van der Waals surface area contributed by atoms with E-state index in [1.807, 2.05) is 13.8 Å². The van der Waals surface area contributed by atoms with Crippen LogP contribution in [0.3, 0.4) is 0 Å². The van der Waals surface area contributed by atoms with Crippen LogP contribution >= 0.6 is 0 Å². The van der Waals surface area contributed by atoms with E-state index in [4.69, 9.17) is 4.74 Å². The quantitative estimate of drug-likeness (QED) is 0.672. The lowest BCUT2D eigenvalue weighted by atomic mass is 10.1. The molecule has 0 spiro atoms. The van der Waals surface area contributed by atoms with Gasteiger partial charge in [-0.3, -0.25) is 4.79 Å². The Labute approximate surface area is 91.8 Å². The van der Waals surface area contributed by atoms with Gasteiger partial charge in [-0.15, -0.1) is 0 Å². The summed E-state index contributed by atoms with van der Waals surface area (Å²) in [6.45, 7) is 8.05. The van der Waals surface area contributed by atoms with Crippen LogP contribution < -0.4 is 10.6 Å². The van der Waals surface area contributed by atoms with E-state index in [0.717, 1.165) is 39.3 Å². The first-order chi connectivity index (χ1) is 7.24. The molecule has 2 unspecified atom stereocenters. The molecule has 1 rings (SSSR count). The van der Waals surface area contributed by atoms with Crippen molar-refractivity contribution >= 4 is 5.91 Å². The minimum Gasteiger partial charge on any atom is -0.381 e. The molecule has 1 aliphatic heterocycles. The van der Waals surface area contributed by atoms with Gasteiger partial charge < -0.3 is 15.4 Å². The Morgan fingerprint density at radius 1 is 1.60 bits per heavy atom. The second-order valence-corrected chi connectivity index (χ2v) is 4.18. The molecule has 15 heavy (non-hydrogen) atoms. The smallest absolute Gasteiger partial charge is 0.224 e. The van der Waals surface area contributed by atoms with E-state index >= 15 is 0 Å². The van der Waals surface area contributed by atoms with E-state index < -0.39 is 0 Å². The fourth-order valence-electron chi connectivity index (χ4n) is 1.62. The highest BCUT2D eigenvalue weighted by atomic mass is 16.5. The Hall–Kier alpha value is -0.610. The lowest BCUT2D eigenvalue weighted by molar-refractivity contribution is -0.124. The molecule has 2 N–H and O–H groups in total. The average molecular weight is 214 g/mol. The van der Waals surface area contributed by atoms with Crippen LogP contribution in [0.2, 0.25) is 0 Å². The topological polar surface area (TPSA) is 50.4 Å². The van der Waals surface area contributed by atoms with E-state index in [9.17, 15) is 4.79 Å². The first-order valence-electron chi connectivity index (χ1n) is 5.80. The molecule has 0 aromatic carbocycles. The summed E-state index contributed by atoms with van der Waals surface area (Å²) < 4.78 is 5.25. The molecule has 4 heteroatoms. The zero-order chi connectivity index (χ0) is 11.1. The van der Waals surface area contributed by atoms with Crippen molar-refractivity contribution in [2.75, 3.05) is 32.8 Å². The van der Waals surface area contributed by atoms with Gasteiger partial charge in [-0.1, -0.05) is 13.8 Å². The van der Waals surface area contributed by atoms with E-state index in [0.29, 0.717) is 5.92 Å². The Balaban J connectivity index is 2.11. The zero-order valence-electron chi connectivity index (χ0n) is 9.71. The molecule has 4 nitrogen and oxygen atoms in total. The van der Waals surface area contributed by atoms with Crippen LogP contribution in [0.15, 0.2) is 0 Å². The van der Waals surface area contributed by atoms with Crippen LogP contribution in [0.4, 0.5) is 0 Å². The number of rotatable bonds is 6. The molecule has 1 saturated heterocycles. The van der Waals surface area contributed by atoms with Gasteiger partial charge >= 0.3 is 0 Å². The average Bonchev–Trinajstić information content (AvgIpc) is 2.75. The molecule has 88 valence electrons. The molecule has 0 radical (unpaired) electrons. The monoisotopic (exact) mass is 214 g/mol. The van der Waals surface area contributed by atoms with E-state index in [-0.39, 0.29) is 11.8 Å². The van der Waals surface area contributed by atoms with Crippen molar-refractivity contribution < 1.29 is 9.53 Å². The summed E-state index contributed by atoms with van der Waals surface area (Å²) >= 11 is 0. The van der Waals surface area contributed by atoms with E-state index in [1.54, 1.807) is 0 Å². The van der Waals surface area contributed by atoms with Crippen molar-refractivity contribution in [3.05, 3.63) is 0 Å². The normalized spacial score (nSPS) is 22.7. The molecule has 1 heterocycles. The van der Waals surface area contributed by atoms with Crippen molar-refractivity contribution in [1.29, 1.82) is 0 Å². The highest BCUT2D eigenvalue weighted by Crippen LogP contribution is 2.10. The second-order valence-electron chi connectivity index (χ2n) is 4.18. The summed E-state index contributed by atoms with van der Waals surface area (Å²) in [5, 5.41) is 6.15. The van der Waals surface area contributed by atoms with Gasteiger partial charge in [-0.2, -0.15) is 0 Å². The zero-order valence-corrected chi connectivity index (χ0v) is 9.71. The van der Waals surface area contributed by atoms with Gasteiger partial charge in [-0.25, -0.2) is 0 Å². The van der Waals surface area contributed by atoms with Crippen molar-refractivity contribution in [3.8, 4) is 0 Å². The lowest BCUT2D eigenvalue weighted by Crippen LogP contribution is -2.37. The van der Waals surface area contributed by atoms with E-state index in [1.165, 1.54) is 0 Å². The summed E-state index contributed by atoms with van der Waals surface area (Å²) in [6.07, 6.45) is 1.07. The third-order valence-corrected chi connectivity index (χ3v) is 2.74. The number of carbonyl (C=O) groups excluding carboxylic acids is 1. The van der Waals surface area contributed by atoms with Crippen LogP contribution in [0, 0.1) is 11.8 Å². The van der Waals surface area contributed by atoms with Crippen LogP contribution in [-0.2, 0) is 9.53 Å². The summed E-state index contributed by atoms with van der Waals surface area (Å²) in [5.74, 6) is 0.704. The van der Waals surface area contributed by atoms with E-state index in [2.05, 4.69) is 10.6 Å². The van der Waals surface area contributed by atoms with Gasteiger partial charge in [0.25, 0.3) is 0 Å². The van der Waals surface area contributed by atoms with Gasteiger partial charge in [0.15, 0.2) is 0 Å². The first-order valence-corrected chi connectivity index (χ1v) is 5.80. The molecule has 2 atom stereocenters. The number of nitrogens with one attached hydrogen (secondary N) is 2. The SMILES string of the molecule is CCNCC(C)C(=O)NCC1CCOC1. The van der Waals surface area contributed by atoms with Crippen LogP contribution in [-0.4, -0.2) is 38.8 Å². The molecule has 0 saturated carbocycles. The second kappa shape index (κ2) is 6.80. The van der Waals surface area contributed by atoms with Gasteiger partial charge in [0, 0.05) is 31.5 Å². The van der Waals surface area contributed by atoms with Crippen LogP contribution in [0.1, 0.15) is 20.3 Å². The predicted octanol–water partition coefficient (Wildman–Crippen LogP) is 0.385. The fraction of sp³-hybridized carbons (Fsp3) is 0.909. The number of amides is 1.